The van der Waals surface area contributed by atoms with Crippen molar-refractivity contribution in [3.8, 4) is 6.07 Å². The fraction of sp³-hybridized carbons (Fsp3) is 0.533. The molecule has 2 nitrogen and oxygen atoms in total. The van der Waals surface area contributed by atoms with Crippen LogP contribution in [0.2, 0.25) is 5.02 Å². The summed E-state index contributed by atoms with van der Waals surface area (Å²) in [6, 6.07) is 7.54. The van der Waals surface area contributed by atoms with E-state index in [1.807, 2.05) is 12.1 Å². The van der Waals surface area contributed by atoms with E-state index < -0.39 is 0 Å². The van der Waals surface area contributed by atoms with Crippen LogP contribution in [-0.4, -0.2) is 6.54 Å². The van der Waals surface area contributed by atoms with Crippen LogP contribution in [-0.2, 0) is 0 Å². The Morgan fingerprint density at radius 3 is 2.61 bits per heavy atom. The lowest BCUT2D eigenvalue weighted by Crippen LogP contribution is -2.03. The lowest BCUT2D eigenvalue weighted by atomic mass is 10.1. The molecule has 0 amide bonds. The van der Waals surface area contributed by atoms with Gasteiger partial charge in [-0.15, -0.1) is 0 Å². The largest absolute Gasteiger partial charge is 0.384 e. The zero-order valence-corrected chi connectivity index (χ0v) is 11.8. The van der Waals surface area contributed by atoms with Crippen LogP contribution < -0.4 is 5.32 Å². The van der Waals surface area contributed by atoms with E-state index in [4.69, 9.17) is 16.9 Å². The van der Waals surface area contributed by atoms with E-state index in [2.05, 4.69) is 18.3 Å². The van der Waals surface area contributed by atoms with Gasteiger partial charge in [0.25, 0.3) is 0 Å². The van der Waals surface area contributed by atoms with E-state index in [-0.39, 0.29) is 0 Å². The van der Waals surface area contributed by atoms with Gasteiger partial charge in [-0.25, -0.2) is 0 Å². The Morgan fingerprint density at radius 1 is 1.17 bits per heavy atom. The van der Waals surface area contributed by atoms with Gasteiger partial charge in [0, 0.05) is 11.6 Å². The molecule has 0 heterocycles. The minimum absolute atomic E-state index is 0.608. The minimum atomic E-state index is 0.608. The average Bonchev–Trinajstić information content (AvgIpc) is 2.39. The summed E-state index contributed by atoms with van der Waals surface area (Å²) in [4.78, 5) is 0. The number of halogens is 1. The molecule has 0 aromatic heterocycles. The van der Waals surface area contributed by atoms with Crippen LogP contribution in [0.15, 0.2) is 18.2 Å². The molecule has 0 radical (unpaired) electrons. The molecule has 0 atom stereocenters. The Kier molecular flexibility index (Phi) is 7.29. The van der Waals surface area contributed by atoms with Gasteiger partial charge in [0.15, 0.2) is 0 Å². The zero-order chi connectivity index (χ0) is 13.2. The van der Waals surface area contributed by atoms with Crippen molar-refractivity contribution >= 4 is 17.3 Å². The Balaban J connectivity index is 2.25. The zero-order valence-electron chi connectivity index (χ0n) is 11.0. The topological polar surface area (TPSA) is 35.8 Å². The molecule has 0 aliphatic rings. The Labute approximate surface area is 115 Å². The molecule has 1 rings (SSSR count). The van der Waals surface area contributed by atoms with Gasteiger partial charge in [-0.2, -0.15) is 5.26 Å². The second kappa shape index (κ2) is 8.83. The molecule has 0 aliphatic carbocycles. The van der Waals surface area contributed by atoms with Crippen molar-refractivity contribution in [2.45, 2.75) is 45.4 Å². The van der Waals surface area contributed by atoms with Crippen LogP contribution in [0.4, 0.5) is 5.69 Å². The summed E-state index contributed by atoms with van der Waals surface area (Å²) >= 11 is 5.85. The third-order valence-electron chi connectivity index (χ3n) is 2.95. The first kappa shape index (κ1) is 14.9. The first-order valence-corrected chi connectivity index (χ1v) is 7.09. The first-order chi connectivity index (χ1) is 8.77. The second-order valence-electron chi connectivity index (χ2n) is 4.50. The van der Waals surface area contributed by atoms with E-state index in [9.17, 15) is 0 Å². The van der Waals surface area contributed by atoms with E-state index in [1.54, 1.807) is 6.07 Å². The van der Waals surface area contributed by atoms with Crippen LogP contribution in [0.5, 0.6) is 0 Å². The highest BCUT2D eigenvalue weighted by atomic mass is 35.5. The van der Waals surface area contributed by atoms with Crippen LogP contribution in [0, 0.1) is 11.3 Å². The molecule has 18 heavy (non-hydrogen) atoms. The predicted octanol–water partition coefficient (Wildman–Crippen LogP) is 4.98. The second-order valence-corrected chi connectivity index (χ2v) is 4.93. The smallest absolute Gasteiger partial charge is 0.101 e. The summed E-state index contributed by atoms with van der Waals surface area (Å²) in [7, 11) is 0. The number of anilines is 1. The Morgan fingerprint density at radius 2 is 1.89 bits per heavy atom. The van der Waals surface area contributed by atoms with E-state index in [0.29, 0.717) is 10.6 Å². The number of nitrogens with zero attached hydrogens (tertiary/aromatic N) is 1. The molecule has 1 aromatic rings. The van der Waals surface area contributed by atoms with Crippen LogP contribution >= 0.6 is 11.6 Å². The molecule has 0 unspecified atom stereocenters. The summed E-state index contributed by atoms with van der Waals surface area (Å²) in [5.41, 5.74) is 1.50. The van der Waals surface area contributed by atoms with E-state index in [1.165, 1.54) is 32.1 Å². The van der Waals surface area contributed by atoms with Gasteiger partial charge in [-0.05, 0) is 24.6 Å². The summed E-state index contributed by atoms with van der Waals surface area (Å²) < 4.78 is 0. The predicted molar refractivity (Wildman–Crippen MR) is 78.0 cm³/mol. The number of unbranched alkanes of at least 4 members (excludes halogenated alkanes) is 5. The molecule has 98 valence electrons. The maximum Gasteiger partial charge on any atom is 0.101 e. The fourth-order valence-corrected chi connectivity index (χ4v) is 2.06. The molecule has 0 bridgehead atoms. The third-order valence-corrected chi connectivity index (χ3v) is 3.18. The van der Waals surface area contributed by atoms with Crippen molar-refractivity contribution in [1.29, 1.82) is 5.26 Å². The minimum Gasteiger partial charge on any atom is -0.384 e. The lowest BCUT2D eigenvalue weighted by molar-refractivity contribution is 0.617. The average molecular weight is 265 g/mol. The highest BCUT2D eigenvalue weighted by Gasteiger charge is 2.01. The van der Waals surface area contributed by atoms with Crippen molar-refractivity contribution in [3.05, 3.63) is 28.8 Å². The molecule has 0 spiro atoms. The Bertz CT molecular complexity index is 396. The summed E-state index contributed by atoms with van der Waals surface area (Å²) in [6.07, 6.45) is 7.67. The fourth-order valence-electron chi connectivity index (χ4n) is 1.89. The first-order valence-electron chi connectivity index (χ1n) is 6.71. The van der Waals surface area contributed by atoms with Crippen LogP contribution in [0.1, 0.15) is 51.0 Å². The molecule has 0 saturated carbocycles. The quantitative estimate of drug-likeness (QED) is 0.672. The highest BCUT2D eigenvalue weighted by Crippen LogP contribution is 2.19. The number of nitrogens with one attached hydrogen (secondary N) is 1. The van der Waals surface area contributed by atoms with Gasteiger partial charge in [-0.3, -0.25) is 0 Å². The summed E-state index contributed by atoms with van der Waals surface area (Å²) in [5.74, 6) is 0. The van der Waals surface area contributed by atoms with Gasteiger partial charge in [0.1, 0.15) is 6.07 Å². The lowest BCUT2D eigenvalue weighted by Gasteiger charge is -2.08. The molecule has 1 aromatic carbocycles. The van der Waals surface area contributed by atoms with Gasteiger partial charge < -0.3 is 5.32 Å². The van der Waals surface area contributed by atoms with Crippen molar-refractivity contribution in [3.63, 3.8) is 0 Å². The number of hydrogen-bond donors (Lipinski definition) is 1. The monoisotopic (exact) mass is 264 g/mol. The third kappa shape index (κ3) is 5.42. The molecule has 0 saturated heterocycles. The number of nitriles is 1. The normalized spacial score (nSPS) is 10.1. The maximum atomic E-state index is 8.99. The van der Waals surface area contributed by atoms with Gasteiger partial charge in [-0.1, -0.05) is 50.6 Å². The summed E-state index contributed by atoms with van der Waals surface area (Å²) in [5, 5.41) is 12.9. The summed E-state index contributed by atoms with van der Waals surface area (Å²) in [6.45, 7) is 3.15. The standard InChI is InChI=1S/C15H21ClN2/c1-2-3-4-5-6-7-10-18-15-9-8-14(16)11-13(15)12-17/h8-9,11,18H,2-7,10H2,1H3. The molecular weight excluding hydrogens is 244 g/mol. The van der Waals surface area contributed by atoms with Gasteiger partial charge in [0.2, 0.25) is 0 Å². The van der Waals surface area contributed by atoms with Gasteiger partial charge in [0.05, 0.1) is 11.3 Å². The number of benzene rings is 1. The Hall–Kier alpha value is -1.20. The molecule has 3 heteroatoms. The highest BCUT2D eigenvalue weighted by molar-refractivity contribution is 6.30. The SMILES string of the molecule is CCCCCCCCNc1ccc(Cl)cc1C#N. The van der Waals surface area contributed by atoms with Crippen LogP contribution in [0.25, 0.3) is 0 Å². The van der Waals surface area contributed by atoms with Crippen LogP contribution in [0.3, 0.4) is 0 Å². The number of rotatable bonds is 8. The number of hydrogen-bond acceptors (Lipinski definition) is 2. The van der Waals surface area contributed by atoms with E-state index >= 15 is 0 Å². The van der Waals surface area contributed by atoms with Crippen molar-refractivity contribution in [2.24, 2.45) is 0 Å². The molecule has 0 aliphatic heterocycles. The van der Waals surface area contributed by atoms with Crippen molar-refractivity contribution < 1.29 is 0 Å². The maximum absolute atomic E-state index is 8.99. The molecule has 1 N–H and O–H groups in total. The van der Waals surface area contributed by atoms with Crippen molar-refractivity contribution in [2.75, 3.05) is 11.9 Å². The van der Waals surface area contributed by atoms with Crippen molar-refractivity contribution in [1.82, 2.24) is 0 Å². The van der Waals surface area contributed by atoms with E-state index in [0.717, 1.165) is 18.7 Å². The molecular formula is C15H21ClN2. The molecule has 0 fully saturated rings. The van der Waals surface area contributed by atoms with Gasteiger partial charge >= 0.3 is 0 Å².